The topological polar surface area (TPSA) is 61.8 Å². The maximum Gasteiger partial charge on any atom is 0.281 e. The number of benzene rings is 2. The van der Waals surface area contributed by atoms with Crippen LogP contribution in [0.5, 0.6) is 0 Å². The Morgan fingerprint density at radius 1 is 1.14 bits per heavy atom. The number of amides is 2. The van der Waals surface area contributed by atoms with E-state index in [0.29, 0.717) is 16.4 Å². The minimum atomic E-state index is -1.43. The number of nitrogens with one attached hydrogen (secondary N) is 1. The number of hydrogen-bond donors (Lipinski definition) is 1. The van der Waals surface area contributed by atoms with Gasteiger partial charge in [0.2, 0.25) is 5.66 Å². The van der Waals surface area contributed by atoms with Crippen molar-refractivity contribution in [2.24, 2.45) is 4.99 Å². The van der Waals surface area contributed by atoms with Gasteiger partial charge < -0.3 is 5.32 Å². The number of nitrogens with zero attached hydrogens (tertiary/aromatic N) is 2. The lowest BCUT2D eigenvalue weighted by molar-refractivity contribution is -0.130. The number of hydrogen-bond acceptors (Lipinski definition) is 3. The van der Waals surface area contributed by atoms with Crippen molar-refractivity contribution >= 4 is 29.3 Å². The second kappa shape index (κ2) is 7.09. The number of allylic oxidation sites excluding steroid dienone is 2. The first kappa shape index (κ1) is 18.2. The lowest BCUT2D eigenvalue weighted by Gasteiger charge is -2.27. The van der Waals surface area contributed by atoms with Gasteiger partial charge in [-0.3, -0.25) is 14.5 Å². The van der Waals surface area contributed by atoms with Crippen LogP contribution in [-0.2, 0) is 11.2 Å². The number of amidine groups is 1. The van der Waals surface area contributed by atoms with Gasteiger partial charge in [0.15, 0.2) is 0 Å². The SMILES string of the molecule is CC1=CC=CN2C(=O)C(Cc3ccccc3)(NC(=O)c3ccccc3Cl)N=C12. The maximum atomic E-state index is 13.3. The zero-order valence-electron chi connectivity index (χ0n) is 15.2. The molecule has 1 unspecified atom stereocenters. The van der Waals surface area contributed by atoms with Crippen molar-refractivity contribution in [1.82, 2.24) is 10.2 Å². The molecule has 1 atom stereocenters. The smallest absolute Gasteiger partial charge is 0.281 e. The van der Waals surface area contributed by atoms with Gasteiger partial charge in [-0.25, -0.2) is 4.99 Å². The van der Waals surface area contributed by atoms with E-state index in [1.807, 2.05) is 43.3 Å². The summed E-state index contributed by atoms with van der Waals surface area (Å²) < 4.78 is 0. The Hall–Kier alpha value is -3.18. The van der Waals surface area contributed by atoms with Crippen molar-refractivity contribution in [2.75, 3.05) is 0 Å². The Morgan fingerprint density at radius 3 is 2.57 bits per heavy atom. The minimum absolute atomic E-state index is 0.240. The second-order valence-corrected chi connectivity index (χ2v) is 7.17. The van der Waals surface area contributed by atoms with Gasteiger partial charge in [0, 0.05) is 12.6 Å². The van der Waals surface area contributed by atoms with Crippen molar-refractivity contribution in [3.05, 3.63) is 94.7 Å². The number of halogens is 1. The zero-order valence-corrected chi connectivity index (χ0v) is 16.0. The molecule has 0 bridgehead atoms. The van der Waals surface area contributed by atoms with Crippen LogP contribution >= 0.6 is 11.6 Å². The Kier molecular flexibility index (Phi) is 4.61. The third-order valence-corrected chi connectivity index (χ3v) is 5.10. The first-order valence-electron chi connectivity index (χ1n) is 8.90. The molecule has 6 heteroatoms. The molecule has 0 aliphatic carbocycles. The molecule has 140 valence electrons. The van der Waals surface area contributed by atoms with Crippen molar-refractivity contribution in [3.8, 4) is 0 Å². The Balaban J connectivity index is 1.76. The molecular formula is C22H18ClN3O2. The minimum Gasteiger partial charge on any atom is -0.319 e. The van der Waals surface area contributed by atoms with Gasteiger partial charge in [-0.15, -0.1) is 0 Å². The van der Waals surface area contributed by atoms with Crippen molar-refractivity contribution in [1.29, 1.82) is 0 Å². The van der Waals surface area contributed by atoms with Gasteiger partial charge in [0.05, 0.1) is 10.6 Å². The fourth-order valence-corrected chi connectivity index (χ4v) is 3.60. The molecule has 0 saturated carbocycles. The molecule has 2 aromatic rings. The van der Waals surface area contributed by atoms with Crippen LogP contribution < -0.4 is 5.32 Å². The maximum absolute atomic E-state index is 13.3. The monoisotopic (exact) mass is 391 g/mol. The summed E-state index contributed by atoms with van der Waals surface area (Å²) in [5.74, 6) is -0.192. The summed E-state index contributed by atoms with van der Waals surface area (Å²) >= 11 is 6.18. The van der Waals surface area contributed by atoms with Crippen LogP contribution in [0, 0.1) is 0 Å². The summed E-state index contributed by atoms with van der Waals surface area (Å²) in [5, 5.41) is 3.18. The van der Waals surface area contributed by atoms with Crippen molar-refractivity contribution in [3.63, 3.8) is 0 Å². The number of carbonyl (C=O) groups is 2. The molecular weight excluding hydrogens is 374 g/mol. The molecule has 0 radical (unpaired) electrons. The lowest BCUT2D eigenvalue weighted by Crippen LogP contribution is -2.55. The second-order valence-electron chi connectivity index (χ2n) is 6.76. The first-order chi connectivity index (χ1) is 13.5. The molecule has 2 aliphatic heterocycles. The fraction of sp³-hybridized carbons (Fsp3) is 0.136. The summed E-state index contributed by atoms with van der Waals surface area (Å²) in [6.07, 6.45) is 5.59. The van der Waals surface area contributed by atoms with E-state index in [2.05, 4.69) is 5.32 Å². The summed E-state index contributed by atoms with van der Waals surface area (Å²) in [4.78, 5) is 32.5. The average molecular weight is 392 g/mol. The van der Waals surface area contributed by atoms with Crippen LogP contribution in [0.2, 0.25) is 5.02 Å². The first-order valence-corrected chi connectivity index (χ1v) is 9.28. The molecule has 2 aliphatic rings. The van der Waals surface area contributed by atoms with Crippen LogP contribution in [0.15, 0.2) is 83.5 Å². The summed E-state index contributed by atoms with van der Waals surface area (Å²) in [6.45, 7) is 1.89. The highest BCUT2D eigenvalue weighted by Gasteiger charge is 2.49. The van der Waals surface area contributed by atoms with Crippen LogP contribution in [0.25, 0.3) is 0 Å². The molecule has 1 N–H and O–H groups in total. The molecule has 5 nitrogen and oxygen atoms in total. The van der Waals surface area contributed by atoms with Crippen LogP contribution in [0.4, 0.5) is 0 Å². The van der Waals surface area contributed by atoms with E-state index in [1.165, 1.54) is 4.90 Å². The molecule has 2 heterocycles. The molecule has 0 saturated heterocycles. The standard InChI is InChI=1S/C22H18ClN3O2/c1-15-8-7-13-26-19(15)24-22(21(26)28,14-16-9-3-2-4-10-16)25-20(27)17-11-5-6-12-18(17)23/h2-13H,14H2,1H3,(H,25,27). The van der Waals surface area contributed by atoms with E-state index in [1.54, 1.807) is 36.5 Å². The van der Waals surface area contributed by atoms with Crippen LogP contribution in [0.1, 0.15) is 22.8 Å². The number of rotatable bonds is 4. The van der Waals surface area contributed by atoms with E-state index in [0.717, 1.165) is 11.1 Å². The number of fused-ring (bicyclic) bond motifs is 1. The molecule has 0 spiro atoms. The summed E-state index contributed by atoms with van der Waals surface area (Å²) in [6, 6.07) is 16.2. The van der Waals surface area contributed by atoms with E-state index in [-0.39, 0.29) is 12.3 Å². The predicted octanol–water partition coefficient (Wildman–Crippen LogP) is 3.72. The normalized spacial score (nSPS) is 20.5. The van der Waals surface area contributed by atoms with Crippen LogP contribution in [0.3, 0.4) is 0 Å². The van der Waals surface area contributed by atoms with Gasteiger partial charge in [-0.05, 0) is 36.3 Å². The van der Waals surface area contributed by atoms with Gasteiger partial charge in [-0.2, -0.15) is 0 Å². The van der Waals surface area contributed by atoms with Crippen molar-refractivity contribution in [2.45, 2.75) is 19.0 Å². The molecule has 2 amide bonds. The lowest BCUT2D eigenvalue weighted by atomic mass is 9.98. The predicted molar refractivity (Wildman–Crippen MR) is 109 cm³/mol. The summed E-state index contributed by atoms with van der Waals surface area (Å²) in [5.41, 5.74) is 0.622. The van der Waals surface area contributed by atoms with E-state index >= 15 is 0 Å². The highest BCUT2D eigenvalue weighted by Crippen LogP contribution is 2.30. The summed E-state index contributed by atoms with van der Waals surface area (Å²) in [7, 11) is 0. The molecule has 0 fully saturated rings. The largest absolute Gasteiger partial charge is 0.319 e. The fourth-order valence-electron chi connectivity index (χ4n) is 3.37. The molecule has 4 rings (SSSR count). The van der Waals surface area contributed by atoms with E-state index < -0.39 is 11.6 Å². The Bertz CT molecular complexity index is 1040. The van der Waals surface area contributed by atoms with E-state index in [4.69, 9.17) is 16.6 Å². The molecule has 0 aromatic heterocycles. The Morgan fingerprint density at radius 2 is 1.86 bits per heavy atom. The highest BCUT2D eigenvalue weighted by molar-refractivity contribution is 6.34. The van der Waals surface area contributed by atoms with Crippen LogP contribution in [-0.4, -0.2) is 28.2 Å². The van der Waals surface area contributed by atoms with Gasteiger partial charge in [0.1, 0.15) is 5.84 Å². The van der Waals surface area contributed by atoms with Gasteiger partial charge in [0.25, 0.3) is 11.8 Å². The Labute approximate surface area is 168 Å². The quantitative estimate of drug-likeness (QED) is 0.863. The average Bonchev–Trinajstić information content (AvgIpc) is 2.96. The number of aliphatic imine (C=N–C) groups is 1. The third-order valence-electron chi connectivity index (χ3n) is 4.77. The molecule has 2 aromatic carbocycles. The number of carbonyl (C=O) groups excluding carboxylic acids is 2. The van der Waals surface area contributed by atoms with Gasteiger partial charge in [-0.1, -0.05) is 60.1 Å². The van der Waals surface area contributed by atoms with Crippen molar-refractivity contribution < 1.29 is 9.59 Å². The van der Waals surface area contributed by atoms with Gasteiger partial charge >= 0.3 is 0 Å². The third kappa shape index (κ3) is 3.14. The van der Waals surface area contributed by atoms with E-state index in [9.17, 15) is 9.59 Å². The molecule has 28 heavy (non-hydrogen) atoms. The highest BCUT2D eigenvalue weighted by atomic mass is 35.5. The zero-order chi connectivity index (χ0) is 19.7.